The van der Waals surface area contributed by atoms with Crippen molar-refractivity contribution >= 4 is 11.8 Å². The molecule has 0 aliphatic heterocycles. The first-order chi connectivity index (χ1) is 13.1. The number of methoxy groups -OCH3 is 2. The van der Waals surface area contributed by atoms with Gasteiger partial charge in [-0.15, -0.1) is 0 Å². The van der Waals surface area contributed by atoms with Gasteiger partial charge in [0.15, 0.2) is 11.5 Å². The Morgan fingerprint density at radius 3 is 2.33 bits per heavy atom. The molecule has 2 N–H and O–H groups in total. The molecule has 142 valence electrons. The summed E-state index contributed by atoms with van der Waals surface area (Å²) in [4.78, 5) is 24.5. The first kappa shape index (κ1) is 18.8. The van der Waals surface area contributed by atoms with E-state index in [1.165, 1.54) is 0 Å². The monoisotopic (exact) mass is 368 g/mol. The Hall–Kier alpha value is -3.02. The summed E-state index contributed by atoms with van der Waals surface area (Å²) in [6.07, 6.45) is 2.72. The molecule has 6 heteroatoms. The molecule has 0 spiro atoms. The zero-order chi connectivity index (χ0) is 19.2. The third-order valence-corrected chi connectivity index (χ3v) is 4.45. The van der Waals surface area contributed by atoms with Gasteiger partial charge in [0.1, 0.15) is 0 Å². The van der Waals surface area contributed by atoms with Crippen LogP contribution in [0.2, 0.25) is 0 Å². The Balaban J connectivity index is 1.55. The van der Waals surface area contributed by atoms with Crippen LogP contribution in [0.15, 0.2) is 42.5 Å². The number of rotatable bonds is 8. The minimum Gasteiger partial charge on any atom is -0.493 e. The van der Waals surface area contributed by atoms with Gasteiger partial charge in [0, 0.05) is 23.7 Å². The lowest BCUT2D eigenvalue weighted by Gasteiger charge is -2.10. The van der Waals surface area contributed by atoms with Gasteiger partial charge in [-0.05, 0) is 55.2 Å². The van der Waals surface area contributed by atoms with E-state index in [0.717, 1.165) is 18.4 Å². The van der Waals surface area contributed by atoms with Crippen molar-refractivity contribution in [3.05, 3.63) is 59.2 Å². The first-order valence-electron chi connectivity index (χ1n) is 9.00. The summed E-state index contributed by atoms with van der Waals surface area (Å²) in [7, 11) is 3.19. The quantitative estimate of drug-likeness (QED) is 0.751. The highest BCUT2D eigenvalue weighted by molar-refractivity contribution is 5.99. The maximum atomic E-state index is 12.4. The number of hydrogen-bond donors (Lipinski definition) is 2. The van der Waals surface area contributed by atoms with E-state index in [0.29, 0.717) is 35.6 Å². The van der Waals surface area contributed by atoms with Gasteiger partial charge in [-0.25, -0.2) is 0 Å². The standard InChI is InChI=1S/C21H24N2O4/c1-26-18-9-6-14(12-19(18)27-2)10-11-22-20(24)15-4-3-5-16(13-15)21(25)23-17-7-8-17/h3-6,9,12-13,17H,7-8,10-11H2,1-2H3,(H,22,24)(H,23,25). The fourth-order valence-electron chi connectivity index (χ4n) is 2.76. The van der Waals surface area contributed by atoms with E-state index in [-0.39, 0.29) is 17.9 Å². The van der Waals surface area contributed by atoms with E-state index >= 15 is 0 Å². The van der Waals surface area contributed by atoms with Crippen LogP contribution in [0.4, 0.5) is 0 Å². The van der Waals surface area contributed by atoms with Crippen molar-refractivity contribution in [2.45, 2.75) is 25.3 Å². The molecule has 1 saturated carbocycles. The second-order valence-electron chi connectivity index (χ2n) is 6.52. The van der Waals surface area contributed by atoms with Crippen LogP contribution >= 0.6 is 0 Å². The smallest absolute Gasteiger partial charge is 0.251 e. The van der Waals surface area contributed by atoms with Crippen LogP contribution in [0, 0.1) is 0 Å². The molecular weight excluding hydrogens is 344 g/mol. The predicted molar refractivity (Wildman–Crippen MR) is 103 cm³/mol. The summed E-state index contributed by atoms with van der Waals surface area (Å²) >= 11 is 0. The van der Waals surface area contributed by atoms with Crippen molar-refractivity contribution in [3.63, 3.8) is 0 Å². The molecule has 0 heterocycles. The maximum Gasteiger partial charge on any atom is 0.251 e. The molecule has 2 aromatic rings. The van der Waals surface area contributed by atoms with Gasteiger partial charge in [0.25, 0.3) is 11.8 Å². The highest BCUT2D eigenvalue weighted by atomic mass is 16.5. The largest absolute Gasteiger partial charge is 0.493 e. The van der Waals surface area contributed by atoms with Crippen molar-refractivity contribution in [3.8, 4) is 11.5 Å². The third kappa shape index (κ3) is 5.00. The number of amides is 2. The first-order valence-corrected chi connectivity index (χ1v) is 9.00. The Morgan fingerprint density at radius 1 is 0.963 bits per heavy atom. The van der Waals surface area contributed by atoms with Crippen LogP contribution in [0.1, 0.15) is 39.1 Å². The van der Waals surface area contributed by atoms with E-state index in [2.05, 4.69) is 10.6 Å². The molecule has 2 amide bonds. The number of carbonyl (C=O) groups excluding carboxylic acids is 2. The summed E-state index contributed by atoms with van der Waals surface area (Å²) in [5.41, 5.74) is 2.02. The van der Waals surface area contributed by atoms with E-state index in [9.17, 15) is 9.59 Å². The van der Waals surface area contributed by atoms with Crippen LogP contribution in [0.25, 0.3) is 0 Å². The van der Waals surface area contributed by atoms with Gasteiger partial charge < -0.3 is 20.1 Å². The van der Waals surface area contributed by atoms with Crippen molar-refractivity contribution < 1.29 is 19.1 Å². The lowest BCUT2D eigenvalue weighted by molar-refractivity contribution is 0.0951. The minimum absolute atomic E-state index is 0.127. The second kappa shape index (κ2) is 8.58. The van der Waals surface area contributed by atoms with Crippen LogP contribution in [0.3, 0.4) is 0 Å². The van der Waals surface area contributed by atoms with Crippen LogP contribution < -0.4 is 20.1 Å². The average molecular weight is 368 g/mol. The van der Waals surface area contributed by atoms with Crippen LogP contribution in [0.5, 0.6) is 11.5 Å². The Morgan fingerprint density at radius 2 is 1.67 bits per heavy atom. The highest BCUT2D eigenvalue weighted by Gasteiger charge is 2.24. The Kier molecular flexibility index (Phi) is 5.96. The summed E-state index contributed by atoms with van der Waals surface area (Å²) in [5.74, 6) is 1.01. The van der Waals surface area contributed by atoms with Gasteiger partial charge >= 0.3 is 0 Å². The van der Waals surface area contributed by atoms with Crippen LogP contribution in [-0.4, -0.2) is 38.6 Å². The SMILES string of the molecule is COc1ccc(CCNC(=O)c2cccc(C(=O)NC3CC3)c2)cc1OC. The summed E-state index contributed by atoms with van der Waals surface area (Å²) in [6.45, 7) is 0.479. The van der Waals surface area contributed by atoms with E-state index < -0.39 is 0 Å². The van der Waals surface area contributed by atoms with Crippen LogP contribution in [-0.2, 0) is 6.42 Å². The predicted octanol–water partition coefficient (Wildman–Crippen LogP) is 2.57. The van der Waals surface area contributed by atoms with Gasteiger partial charge in [0.2, 0.25) is 0 Å². The number of benzene rings is 2. The second-order valence-corrected chi connectivity index (χ2v) is 6.52. The summed E-state index contributed by atoms with van der Waals surface area (Å²) in [5, 5.41) is 5.82. The molecule has 0 unspecified atom stereocenters. The van der Waals surface area contributed by atoms with Gasteiger partial charge in [-0.2, -0.15) is 0 Å². The normalized spacial score (nSPS) is 13.0. The molecule has 1 aliphatic rings. The van der Waals surface area contributed by atoms with Crippen molar-refractivity contribution in [2.24, 2.45) is 0 Å². The molecular formula is C21H24N2O4. The molecule has 0 radical (unpaired) electrons. The molecule has 0 atom stereocenters. The lowest BCUT2D eigenvalue weighted by Crippen LogP contribution is -2.27. The molecule has 6 nitrogen and oxygen atoms in total. The van der Waals surface area contributed by atoms with E-state index in [1.807, 2.05) is 18.2 Å². The Labute approximate surface area is 158 Å². The van der Waals surface area contributed by atoms with Gasteiger partial charge in [0.05, 0.1) is 14.2 Å². The number of nitrogens with one attached hydrogen (secondary N) is 2. The average Bonchev–Trinajstić information content (AvgIpc) is 3.51. The number of carbonyl (C=O) groups is 2. The zero-order valence-electron chi connectivity index (χ0n) is 15.6. The van der Waals surface area contributed by atoms with Crippen molar-refractivity contribution in [1.82, 2.24) is 10.6 Å². The fraction of sp³-hybridized carbons (Fsp3) is 0.333. The fourth-order valence-corrected chi connectivity index (χ4v) is 2.76. The molecule has 0 bridgehead atoms. The topological polar surface area (TPSA) is 76.7 Å². The molecule has 3 rings (SSSR count). The molecule has 2 aromatic carbocycles. The summed E-state index contributed by atoms with van der Waals surface area (Å²) < 4.78 is 10.5. The maximum absolute atomic E-state index is 12.4. The third-order valence-electron chi connectivity index (χ3n) is 4.45. The zero-order valence-corrected chi connectivity index (χ0v) is 15.6. The van der Waals surface area contributed by atoms with Crippen molar-refractivity contribution in [1.29, 1.82) is 0 Å². The molecule has 0 aromatic heterocycles. The minimum atomic E-state index is -0.198. The lowest BCUT2D eigenvalue weighted by atomic mass is 10.1. The molecule has 0 saturated heterocycles. The number of hydrogen-bond acceptors (Lipinski definition) is 4. The molecule has 1 fully saturated rings. The highest BCUT2D eigenvalue weighted by Crippen LogP contribution is 2.27. The van der Waals surface area contributed by atoms with E-state index in [4.69, 9.17) is 9.47 Å². The van der Waals surface area contributed by atoms with Gasteiger partial charge in [-0.3, -0.25) is 9.59 Å². The summed E-state index contributed by atoms with van der Waals surface area (Å²) in [6, 6.07) is 12.8. The van der Waals surface area contributed by atoms with E-state index in [1.54, 1.807) is 38.5 Å². The molecule has 27 heavy (non-hydrogen) atoms. The van der Waals surface area contributed by atoms with Gasteiger partial charge in [-0.1, -0.05) is 12.1 Å². The number of ether oxygens (including phenoxy) is 2. The van der Waals surface area contributed by atoms with Crippen molar-refractivity contribution in [2.75, 3.05) is 20.8 Å². The molecule has 1 aliphatic carbocycles. The Bertz CT molecular complexity index is 831.